The molecule has 0 aliphatic carbocycles. The van der Waals surface area contributed by atoms with Crippen LogP contribution in [-0.4, -0.2) is 63.1 Å². The van der Waals surface area contributed by atoms with E-state index in [9.17, 15) is 33.4 Å². The average molecular weight is 563 g/mol. The summed E-state index contributed by atoms with van der Waals surface area (Å²) in [6.45, 7) is -3.64. The zero-order valence-corrected chi connectivity index (χ0v) is 19.0. The number of aliphatic hydroxyl groups is 1. The first-order valence-corrected chi connectivity index (χ1v) is 12.7. The van der Waals surface area contributed by atoms with E-state index in [1.807, 2.05) is 0 Å². The normalized spacial score (nSPS) is 30.9. The molecule has 1 aliphatic rings. The van der Waals surface area contributed by atoms with E-state index < -0.39 is 59.0 Å². The van der Waals surface area contributed by atoms with Gasteiger partial charge in [0.05, 0.1) is 15.5 Å². The van der Waals surface area contributed by atoms with Gasteiger partial charge in [-0.05, 0) is 11.6 Å². The van der Waals surface area contributed by atoms with E-state index in [1.54, 1.807) is 5.38 Å². The van der Waals surface area contributed by atoms with Crippen molar-refractivity contribution in [2.45, 2.75) is 23.3 Å². The molecule has 1 saturated heterocycles. The Kier molecular flexibility index (Phi) is 7.38. The summed E-state index contributed by atoms with van der Waals surface area (Å²) in [5.41, 5.74) is 4.12. The summed E-state index contributed by atoms with van der Waals surface area (Å²) in [5.74, 6) is 1.73. The summed E-state index contributed by atoms with van der Waals surface area (Å²) in [7, 11) is -17.7. The first-order chi connectivity index (χ1) is 15.2. The predicted molar refractivity (Wildman–Crippen MR) is 103 cm³/mol. The molecule has 2 heterocycles. The molecule has 0 bridgehead atoms. The summed E-state index contributed by atoms with van der Waals surface area (Å²) in [4.78, 5) is 48.9. The second-order valence-electron chi connectivity index (χ2n) is 5.55. The van der Waals surface area contributed by atoms with Gasteiger partial charge in [0.1, 0.15) is 18.0 Å². The van der Waals surface area contributed by atoms with Gasteiger partial charge in [-0.1, -0.05) is 17.5 Å². The van der Waals surface area contributed by atoms with Crippen molar-refractivity contribution in [1.29, 1.82) is 0 Å². The highest BCUT2D eigenvalue weighted by Crippen LogP contribution is 2.66. The number of nitrogen functional groups attached to an aromatic ring is 1. The number of aliphatic hydroxyl groups excluding tert-OH is 1. The van der Waals surface area contributed by atoms with E-state index >= 15 is 0 Å². The van der Waals surface area contributed by atoms with Crippen LogP contribution < -0.4 is 11.4 Å². The monoisotopic (exact) mass is 562 g/mol. The van der Waals surface area contributed by atoms with E-state index in [2.05, 4.69) is 29.1 Å². The van der Waals surface area contributed by atoms with Gasteiger partial charge in [-0.15, -0.1) is 0 Å². The molecule has 22 heteroatoms. The fourth-order valence-corrected chi connectivity index (χ4v) is 5.54. The van der Waals surface area contributed by atoms with Crippen LogP contribution in [0.1, 0.15) is 8.97 Å². The molecule has 7 N–H and O–H groups in total. The van der Waals surface area contributed by atoms with Crippen molar-refractivity contribution in [3.8, 4) is 11.3 Å². The Bertz CT molecular complexity index is 1220. The van der Waals surface area contributed by atoms with Crippen molar-refractivity contribution in [1.82, 2.24) is 14.8 Å². The Hall–Kier alpha value is -0.920. The summed E-state index contributed by atoms with van der Waals surface area (Å²) < 4.78 is 66.5. The molecule has 1 aromatic rings. The summed E-state index contributed by atoms with van der Waals surface area (Å²) in [5, 5.41) is 15.9. The maximum absolute atomic E-state index is 12.1. The topological polar surface area (TPSA) is 263 Å². The van der Waals surface area contributed by atoms with Gasteiger partial charge in [0, 0.05) is 5.38 Å². The van der Waals surface area contributed by atoms with Crippen LogP contribution in [0.4, 0.5) is 5.82 Å². The lowest BCUT2D eigenvalue weighted by Gasteiger charge is -2.24. The number of alkyl halides is 1. The van der Waals surface area contributed by atoms with Gasteiger partial charge >= 0.3 is 29.2 Å². The highest BCUT2D eigenvalue weighted by atomic mass is 35.5. The molecule has 0 amide bonds. The molecular formula is C10H13Cl2N4O13P3. The number of nitrogens with two attached hydrogens (primary N) is 1. The first-order valence-electron chi connectivity index (χ1n) is 8.44. The molecule has 0 radical (unpaired) electrons. The Balaban J connectivity index is 2.40. The Morgan fingerprint density at radius 3 is 2.47 bits per heavy atom. The van der Waals surface area contributed by atoms with Crippen LogP contribution >= 0.6 is 46.7 Å². The minimum atomic E-state index is -6.03. The number of hydrogen-bond donors (Lipinski definition) is 6. The molecule has 6 atom stereocenters. The Morgan fingerprint density at radius 2 is 1.94 bits per heavy atom. The lowest BCUT2D eigenvalue weighted by atomic mass is 10.00. The Labute approximate surface area is 190 Å². The molecule has 1 fully saturated rings. The number of rotatable bonds is 8. The van der Waals surface area contributed by atoms with Gasteiger partial charge in [0.15, 0.2) is 11.1 Å². The maximum atomic E-state index is 12.1. The number of anilines is 1. The average Bonchev–Trinajstić information content (AvgIpc) is 2.83. The van der Waals surface area contributed by atoms with Gasteiger partial charge < -0.3 is 35.2 Å². The zero-order chi connectivity index (χ0) is 26.3. The van der Waals surface area contributed by atoms with Crippen LogP contribution in [0.15, 0.2) is 11.0 Å². The molecule has 1 aliphatic heterocycles. The minimum Gasteiger partial charge on any atom is -0.387 e. The van der Waals surface area contributed by atoms with Crippen LogP contribution in [0.25, 0.3) is 0 Å². The third kappa shape index (κ3) is 6.80. The number of ether oxygens (including phenoxy) is 1. The van der Waals surface area contributed by atoms with E-state index in [-0.39, 0.29) is 5.82 Å². The van der Waals surface area contributed by atoms with E-state index in [0.29, 0.717) is 4.68 Å². The van der Waals surface area contributed by atoms with Crippen molar-refractivity contribution in [3.63, 3.8) is 0 Å². The van der Waals surface area contributed by atoms with Crippen molar-refractivity contribution < 1.29 is 59.0 Å². The van der Waals surface area contributed by atoms with Gasteiger partial charge in [-0.25, -0.2) is 18.5 Å². The van der Waals surface area contributed by atoms with Crippen LogP contribution in [0.2, 0.25) is 0 Å². The first kappa shape index (κ1) is 24.2. The number of nitrogens with zero attached hydrogens (tertiary/aromatic N) is 3. The van der Waals surface area contributed by atoms with E-state index in [1.165, 1.54) is 0 Å². The van der Waals surface area contributed by atoms with Crippen molar-refractivity contribution >= 4 is 52.5 Å². The van der Waals surface area contributed by atoms with E-state index in [4.69, 9.17) is 46.2 Å². The Morgan fingerprint density at radius 1 is 1.31 bits per heavy atom. The molecule has 1 aromatic heterocycles. The lowest BCUT2D eigenvalue weighted by molar-refractivity contribution is -0.0503. The van der Waals surface area contributed by atoms with Crippen molar-refractivity contribution in [2.24, 2.45) is 0 Å². The SMILES string of the molecule is [2H]C([2H])(OP(=O)(O)OP(=O)(O)OP(=O)(O)O)[C@H]1O[C@@H](n2ncc(N)nc2=O)C(Cl)(C#CCl)[C@H]1O. The number of phosphoric acid groups is 3. The molecule has 17 nitrogen and oxygen atoms in total. The second-order valence-corrected chi connectivity index (χ2v) is 10.7. The zero-order valence-electron chi connectivity index (χ0n) is 16.8. The third-order valence-electron chi connectivity index (χ3n) is 3.25. The van der Waals surface area contributed by atoms with E-state index in [0.717, 1.165) is 6.20 Å². The molecule has 2 rings (SSSR count). The van der Waals surface area contributed by atoms with Crippen LogP contribution in [0.5, 0.6) is 0 Å². The van der Waals surface area contributed by atoms with Crippen molar-refractivity contribution in [3.05, 3.63) is 16.7 Å². The standard InChI is InChI=1S/C10H13Cl2N4O13P3/c11-2-1-10(12)7(17)5(27-8(10)16-9(18)15-6(13)3-14-16)4-26-31(22,23)29-32(24,25)28-30(19,20)21/h3,5,7-8,17H,4H2,(H,22,23)(H,24,25)(H2,13,15,18)(H2,19,20,21)/t5-,7+,8-,10?/m1/s1/i4D2. The molecular weight excluding hydrogens is 548 g/mol. The van der Waals surface area contributed by atoms with Gasteiger partial charge in [-0.3, -0.25) is 4.52 Å². The fourth-order valence-electron chi connectivity index (χ4n) is 2.15. The smallest absolute Gasteiger partial charge is 0.387 e. The lowest BCUT2D eigenvalue weighted by Crippen LogP contribution is -2.44. The predicted octanol–water partition coefficient (Wildman–Crippen LogP) is -1.00. The minimum absolute atomic E-state index is 0.331. The highest BCUT2D eigenvalue weighted by Gasteiger charge is 2.57. The van der Waals surface area contributed by atoms with Gasteiger partial charge in [0.25, 0.3) is 0 Å². The summed E-state index contributed by atoms with van der Waals surface area (Å²) >= 11 is 11.5. The van der Waals surface area contributed by atoms with Gasteiger partial charge in [-0.2, -0.15) is 23.4 Å². The fraction of sp³-hybridized carbons (Fsp3) is 0.500. The molecule has 3 unspecified atom stereocenters. The number of phosphoric ester groups is 1. The molecule has 0 saturated carbocycles. The summed E-state index contributed by atoms with van der Waals surface area (Å²) in [6, 6.07) is 0. The summed E-state index contributed by atoms with van der Waals surface area (Å²) in [6.07, 6.45) is -5.81. The molecule has 0 spiro atoms. The van der Waals surface area contributed by atoms with Crippen molar-refractivity contribution in [2.75, 3.05) is 12.3 Å². The quantitative estimate of drug-likeness (QED) is 0.126. The maximum Gasteiger partial charge on any atom is 0.490 e. The number of aromatic nitrogens is 3. The number of halogens is 2. The second kappa shape index (κ2) is 9.75. The largest absolute Gasteiger partial charge is 0.490 e. The van der Waals surface area contributed by atoms with Gasteiger partial charge in [0.2, 0.25) is 0 Å². The molecule has 0 aromatic carbocycles. The molecule has 32 heavy (non-hydrogen) atoms. The van der Waals surface area contributed by atoms with Crippen LogP contribution in [0.3, 0.4) is 0 Å². The third-order valence-corrected chi connectivity index (χ3v) is 7.51. The number of hydrogen-bond acceptors (Lipinski definition) is 12. The van der Waals surface area contributed by atoms with Crippen LogP contribution in [0, 0.1) is 11.3 Å². The highest BCUT2D eigenvalue weighted by molar-refractivity contribution is 7.66. The molecule has 180 valence electrons. The van der Waals surface area contributed by atoms with Crippen LogP contribution in [-0.2, 0) is 31.6 Å².